The highest BCUT2D eigenvalue weighted by molar-refractivity contribution is 6.31. The van der Waals surface area contributed by atoms with E-state index in [0.29, 0.717) is 17.0 Å². The SMILES string of the molecule is CC(CC#N)N(C)C(C)C(=O)c1cccc(Cl)c1. The van der Waals surface area contributed by atoms with Crippen molar-refractivity contribution in [2.75, 3.05) is 7.05 Å². The van der Waals surface area contributed by atoms with Crippen LogP contribution in [0.4, 0.5) is 0 Å². The maximum absolute atomic E-state index is 12.3. The average molecular weight is 265 g/mol. The maximum atomic E-state index is 12.3. The molecule has 1 aromatic rings. The second-order valence-electron chi connectivity index (χ2n) is 4.43. The highest BCUT2D eigenvalue weighted by atomic mass is 35.5. The summed E-state index contributed by atoms with van der Waals surface area (Å²) in [7, 11) is 1.86. The van der Waals surface area contributed by atoms with Crippen LogP contribution in [0.15, 0.2) is 24.3 Å². The number of halogens is 1. The first-order valence-corrected chi connectivity index (χ1v) is 6.23. The van der Waals surface area contributed by atoms with Crippen LogP contribution >= 0.6 is 11.6 Å². The number of carbonyl (C=O) groups excluding carboxylic acids is 1. The maximum Gasteiger partial charge on any atom is 0.179 e. The molecule has 0 amide bonds. The number of nitriles is 1. The Morgan fingerprint density at radius 2 is 2.17 bits per heavy atom. The molecule has 2 unspecified atom stereocenters. The molecule has 1 rings (SSSR count). The van der Waals surface area contributed by atoms with Crippen LogP contribution in [-0.4, -0.2) is 29.8 Å². The third kappa shape index (κ3) is 3.56. The van der Waals surface area contributed by atoms with E-state index in [4.69, 9.17) is 16.9 Å². The van der Waals surface area contributed by atoms with Crippen molar-refractivity contribution < 1.29 is 4.79 Å². The van der Waals surface area contributed by atoms with Gasteiger partial charge in [0, 0.05) is 16.6 Å². The molecule has 0 aliphatic carbocycles. The molecule has 0 bridgehead atoms. The molecule has 0 aliphatic rings. The summed E-state index contributed by atoms with van der Waals surface area (Å²) >= 11 is 5.88. The molecular formula is C14H17ClN2O. The van der Waals surface area contributed by atoms with E-state index in [-0.39, 0.29) is 17.9 Å². The van der Waals surface area contributed by atoms with Crippen molar-refractivity contribution in [3.05, 3.63) is 34.9 Å². The molecule has 18 heavy (non-hydrogen) atoms. The molecule has 1 aromatic carbocycles. The number of ketones is 1. The molecule has 0 N–H and O–H groups in total. The van der Waals surface area contributed by atoms with Crippen molar-refractivity contribution in [1.82, 2.24) is 4.90 Å². The Morgan fingerprint density at radius 3 is 2.72 bits per heavy atom. The number of benzene rings is 1. The fourth-order valence-electron chi connectivity index (χ4n) is 1.73. The van der Waals surface area contributed by atoms with Crippen LogP contribution < -0.4 is 0 Å². The molecule has 0 spiro atoms. The van der Waals surface area contributed by atoms with Gasteiger partial charge in [-0.2, -0.15) is 5.26 Å². The fourth-order valence-corrected chi connectivity index (χ4v) is 1.92. The number of likely N-dealkylation sites (N-methyl/N-ethyl adjacent to an activating group) is 1. The van der Waals surface area contributed by atoms with Gasteiger partial charge in [0.05, 0.1) is 18.5 Å². The van der Waals surface area contributed by atoms with Crippen LogP contribution in [0.25, 0.3) is 0 Å². The number of rotatable bonds is 5. The summed E-state index contributed by atoms with van der Waals surface area (Å²) in [6, 6.07) is 8.83. The number of hydrogen-bond acceptors (Lipinski definition) is 3. The molecule has 0 heterocycles. The van der Waals surface area contributed by atoms with Crippen LogP contribution in [0.3, 0.4) is 0 Å². The van der Waals surface area contributed by atoms with Crippen molar-refractivity contribution in [3.8, 4) is 6.07 Å². The van der Waals surface area contributed by atoms with Gasteiger partial charge in [0.1, 0.15) is 0 Å². The third-order valence-corrected chi connectivity index (χ3v) is 3.42. The highest BCUT2D eigenvalue weighted by Gasteiger charge is 2.23. The van der Waals surface area contributed by atoms with Gasteiger partial charge in [-0.25, -0.2) is 0 Å². The first-order valence-electron chi connectivity index (χ1n) is 5.86. The Balaban J connectivity index is 2.81. The fraction of sp³-hybridized carbons (Fsp3) is 0.429. The molecule has 4 heteroatoms. The topological polar surface area (TPSA) is 44.1 Å². The first kappa shape index (κ1) is 14.7. The minimum Gasteiger partial charge on any atom is -0.293 e. The van der Waals surface area contributed by atoms with E-state index >= 15 is 0 Å². The monoisotopic (exact) mass is 264 g/mol. The molecule has 0 fully saturated rings. The lowest BCUT2D eigenvalue weighted by Crippen LogP contribution is -2.41. The van der Waals surface area contributed by atoms with Gasteiger partial charge >= 0.3 is 0 Å². The van der Waals surface area contributed by atoms with Crippen molar-refractivity contribution in [3.63, 3.8) is 0 Å². The van der Waals surface area contributed by atoms with Gasteiger partial charge in [0.15, 0.2) is 5.78 Å². The zero-order valence-electron chi connectivity index (χ0n) is 10.9. The van der Waals surface area contributed by atoms with E-state index in [1.165, 1.54) is 0 Å². The van der Waals surface area contributed by atoms with Crippen molar-refractivity contribution >= 4 is 17.4 Å². The lowest BCUT2D eigenvalue weighted by Gasteiger charge is -2.28. The standard InChI is InChI=1S/C14H17ClN2O/c1-10(7-8-16)17(3)11(2)14(18)12-5-4-6-13(15)9-12/h4-6,9-11H,7H2,1-3H3. The van der Waals surface area contributed by atoms with Crippen LogP contribution in [0, 0.1) is 11.3 Å². The molecule has 3 nitrogen and oxygen atoms in total. The van der Waals surface area contributed by atoms with E-state index in [1.807, 2.05) is 25.8 Å². The summed E-state index contributed by atoms with van der Waals surface area (Å²) in [5, 5.41) is 9.24. The summed E-state index contributed by atoms with van der Waals surface area (Å²) in [6.07, 6.45) is 0.406. The summed E-state index contributed by atoms with van der Waals surface area (Å²) in [6.45, 7) is 3.78. The Kier molecular flexibility index (Phi) is 5.33. The average Bonchev–Trinajstić information content (AvgIpc) is 2.36. The Bertz CT molecular complexity index is 467. The normalized spacial score (nSPS) is 14.0. The smallest absolute Gasteiger partial charge is 0.179 e. The van der Waals surface area contributed by atoms with Crippen molar-refractivity contribution in [1.29, 1.82) is 5.26 Å². The van der Waals surface area contributed by atoms with Crippen LogP contribution in [0.2, 0.25) is 5.02 Å². The highest BCUT2D eigenvalue weighted by Crippen LogP contribution is 2.15. The molecule has 0 saturated carbocycles. The van der Waals surface area contributed by atoms with Gasteiger partial charge in [-0.1, -0.05) is 23.7 Å². The number of nitrogens with zero attached hydrogens (tertiary/aromatic N) is 2. The molecule has 0 radical (unpaired) electrons. The zero-order chi connectivity index (χ0) is 13.7. The largest absolute Gasteiger partial charge is 0.293 e. The first-order chi connectivity index (χ1) is 8.47. The van der Waals surface area contributed by atoms with Crippen molar-refractivity contribution in [2.45, 2.75) is 32.4 Å². The summed E-state index contributed by atoms with van der Waals surface area (Å²) in [4.78, 5) is 14.2. The Labute approximate surface area is 113 Å². The number of hydrogen-bond donors (Lipinski definition) is 0. The Hall–Kier alpha value is -1.37. The molecule has 0 saturated heterocycles. The van der Waals surface area contributed by atoms with Crippen molar-refractivity contribution in [2.24, 2.45) is 0 Å². The van der Waals surface area contributed by atoms with E-state index < -0.39 is 0 Å². The molecule has 2 atom stereocenters. The van der Waals surface area contributed by atoms with Gasteiger partial charge in [-0.15, -0.1) is 0 Å². The number of Topliss-reactive ketones (excluding diaryl/α,β-unsaturated/α-hetero) is 1. The summed E-state index contributed by atoms with van der Waals surface area (Å²) in [5.74, 6) is 0.0183. The Morgan fingerprint density at radius 1 is 1.50 bits per heavy atom. The van der Waals surface area contributed by atoms with Gasteiger partial charge in [-0.05, 0) is 33.0 Å². The van der Waals surface area contributed by atoms with Gasteiger partial charge < -0.3 is 0 Å². The van der Waals surface area contributed by atoms with E-state index in [0.717, 1.165) is 0 Å². The van der Waals surface area contributed by atoms with Crippen LogP contribution in [-0.2, 0) is 0 Å². The van der Waals surface area contributed by atoms with E-state index in [1.54, 1.807) is 24.3 Å². The zero-order valence-corrected chi connectivity index (χ0v) is 11.6. The quantitative estimate of drug-likeness (QED) is 0.768. The van der Waals surface area contributed by atoms with E-state index in [2.05, 4.69) is 6.07 Å². The second kappa shape index (κ2) is 6.53. The molecular weight excluding hydrogens is 248 g/mol. The van der Waals surface area contributed by atoms with Gasteiger partial charge in [-0.3, -0.25) is 9.69 Å². The minimum absolute atomic E-state index is 0.0183. The lowest BCUT2D eigenvalue weighted by molar-refractivity contribution is 0.0828. The lowest BCUT2D eigenvalue weighted by atomic mass is 10.0. The summed E-state index contributed by atoms with van der Waals surface area (Å²) < 4.78 is 0. The van der Waals surface area contributed by atoms with Crippen LogP contribution in [0.5, 0.6) is 0 Å². The van der Waals surface area contributed by atoms with Crippen LogP contribution in [0.1, 0.15) is 30.6 Å². The molecule has 96 valence electrons. The molecule has 0 aliphatic heterocycles. The third-order valence-electron chi connectivity index (χ3n) is 3.18. The number of carbonyl (C=O) groups is 1. The predicted molar refractivity (Wildman–Crippen MR) is 72.7 cm³/mol. The molecule has 0 aromatic heterocycles. The second-order valence-corrected chi connectivity index (χ2v) is 4.86. The van der Waals surface area contributed by atoms with E-state index in [9.17, 15) is 4.79 Å². The summed E-state index contributed by atoms with van der Waals surface area (Å²) in [5.41, 5.74) is 0.603. The minimum atomic E-state index is -0.271. The van der Waals surface area contributed by atoms with Gasteiger partial charge in [0.25, 0.3) is 0 Å². The van der Waals surface area contributed by atoms with Gasteiger partial charge in [0.2, 0.25) is 0 Å². The predicted octanol–water partition coefficient (Wildman–Crippen LogP) is 3.15.